The molecule has 1 fully saturated rings. The molecule has 0 radical (unpaired) electrons. The van der Waals surface area contributed by atoms with E-state index in [4.69, 9.17) is 4.74 Å². The van der Waals surface area contributed by atoms with Crippen molar-refractivity contribution in [2.24, 2.45) is 5.92 Å². The summed E-state index contributed by atoms with van der Waals surface area (Å²) in [6.45, 7) is 2.59. The number of β-amino-alcohol motifs (C(OH)–C–C–N with tert-alkyl or cyclic N) is 1. The Morgan fingerprint density at radius 3 is 2.55 bits per heavy atom. The maximum absolute atomic E-state index is 11.9. The van der Waals surface area contributed by atoms with E-state index in [0.717, 1.165) is 31.7 Å². The Labute approximate surface area is 132 Å². The molecule has 1 unspecified atom stereocenters. The van der Waals surface area contributed by atoms with Crippen LogP contribution in [0.4, 0.5) is 0 Å². The topological polar surface area (TPSA) is 53.0 Å². The molecule has 0 bridgehead atoms. The van der Waals surface area contributed by atoms with Crippen LogP contribution >= 0.6 is 0 Å². The molecule has 1 aromatic rings. The molecule has 22 heavy (non-hydrogen) atoms. The summed E-state index contributed by atoms with van der Waals surface area (Å²) in [4.78, 5) is 15.8. The molecule has 1 amide bonds. The first-order valence-corrected chi connectivity index (χ1v) is 7.85. The zero-order valence-electron chi connectivity index (χ0n) is 13.4. The normalized spacial score (nSPS) is 18.0. The molecule has 2 rings (SSSR count). The average molecular weight is 306 g/mol. The number of carbonyl (C=O) groups is 1. The van der Waals surface area contributed by atoms with Crippen LogP contribution in [0.1, 0.15) is 12.8 Å². The highest BCUT2D eigenvalue weighted by atomic mass is 16.5. The third-order valence-corrected chi connectivity index (χ3v) is 4.03. The molecule has 1 saturated heterocycles. The van der Waals surface area contributed by atoms with Gasteiger partial charge in [-0.1, -0.05) is 18.2 Å². The molecule has 0 aliphatic carbocycles. The fourth-order valence-corrected chi connectivity index (χ4v) is 2.79. The number of piperidine rings is 1. The minimum absolute atomic E-state index is 0.129. The van der Waals surface area contributed by atoms with Gasteiger partial charge in [-0.25, -0.2) is 0 Å². The summed E-state index contributed by atoms with van der Waals surface area (Å²) >= 11 is 0. The van der Waals surface area contributed by atoms with Crippen LogP contribution in [-0.4, -0.2) is 67.3 Å². The Morgan fingerprint density at radius 2 is 1.95 bits per heavy atom. The Kier molecular flexibility index (Phi) is 6.21. The van der Waals surface area contributed by atoms with Gasteiger partial charge < -0.3 is 19.6 Å². The van der Waals surface area contributed by atoms with Crippen LogP contribution in [0.2, 0.25) is 0 Å². The van der Waals surface area contributed by atoms with E-state index in [1.165, 1.54) is 0 Å². The lowest BCUT2D eigenvalue weighted by molar-refractivity contribution is -0.134. The van der Waals surface area contributed by atoms with Crippen molar-refractivity contribution in [1.29, 1.82) is 0 Å². The fraction of sp³-hybridized carbons (Fsp3) is 0.588. The van der Waals surface area contributed by atoms with Gasteiger partial charge in [0.1, 0.15) is 18.5 Å². The molecule has 0 spiro atoms. The van der Waals surface area contributed by atoms with Crippen LogP contribution < -0.4 is 4.74 Å². The summed E-state index contributed by atoms with van der Waals surface area (Å²) in [7, 11) is 3.61. The maximum Gasteiger partial charge on any atom is 0.225 e. The lowest BCUT2D eigenvalue weighted by Crippen LogP contribution is -2.43. The molecule has 5 heteroatoms. The van der Waals surface area contributed by atoms with Gasteiger partial charge in [0.15, 0.2) is 0 Å². The van der Waals surface area contributed by atoms with Gasteiger partial charge in [-0.05, 0) is 38.1 Å². The van der Waals surface area contributed by atoms with Gasteiger partial charge in [-0.2, -0.15) is 0 Å². The SMILES string of the molecule is CN(C)C(=O)C1CCN(CC(O)COc2ccccc2)CC1. The second-order valence-corrected chi connectivity index (χ2v) is 6.09. The largest absolute Gasteiger partial charge is 0.491 e. The lowest BCUT2D eigenvalue weighted by Gasteiger charge is -2.33. The summed E-state index contributed by atoms with van der Waals surface area (Å²) in [5.74, 6) is 1.12. The number of benzene rings is 1. The van der Waals surface area contributed by atoms with E-state index in [1.54, 1.807) is 19.0 Å². The van der Waals surface area contributed by atoms with Crippen molar-refractivity contribution in [3.8, 4) is 5.75 Å². The van der Waals surface area contributed by atoms with E-state index < -0.39 is 6.10 Å². The van der Waals surface area contributed by atoms with E-state index in [2.05, 4.69) is 4.90 Å². The third kappa shape index (κ3) is 5.00. The van der Waals surface area contributed by atoms with Crippen molar-refractivity contribution in [2.75, 3.05) is 40.3 Å². The Balaban J connectivity index is 1.68. The van der Waals surface area contributed by atoms with Crippen LogP contribution in [0.15, 0.2) is 30.3 Å². The first-order chi connectivity index (χ1) is 10.6. The van der Waals surface area contributed by atoms with Crippen LogP contribution in [0, 0.1) is 5.92 Å². The number of para-hydroxylation sites is 1. The van der Waals surface area contributed by atoms with Gasteiger partial charge in [0.05, 0.1) is 0 Å². The molecule has 0 aromatic heterocycles. The average Bonchev–Trinajstić information content (AvgIpc) is 2.54. The molecule has 1 aliphatic rings. The lowest BCUT2D eigenvalue weighted by atomic mass is 9.95. The van der Waals surface area contributed by atoms with E-state index >= 15 is 0 Å². The number of rotatable bonds is 6. The van der Waals surface area contributed by atoms with Crippen molar-refractivity contribution < 1.29 is 14.6 Å². The second-order valence-electron chi connectivity index (χ2n) is 6.09. The first-order valence-electron chi connectivity index (χ1n) is 7.85. The monoisotopic (exact) mass is 306 g/mol. The third-order valence-electron chi connectivity index (χ3n) is 4.03. The van der Waals surface area contributed by atoms with Crippen LogP contribution in [0.3, 0.4) is 0 Å². The summed E-state index contributed by atoms with van der Waals surface area (Å²) in [6.07, 6.45) is 1.22. The molecule has 5 nitrogen and oxygen atoms in total. The number of carbonyl (C=O) groups excluding carboxylic acids is 1. The highest BCUT2D eigenvalue weighted by Gasteiger charge is 2.26. The highest BCUT2D eigenvalue weighted by molar-refractivity contribution is 5.78. The number of nitrogens with zero attached hydrogens (tertiary/aromatic N) is 2. The Hall–Kier alpha value is -1.59. The summed E-state index contributed by atoms with van der Waals surface area (Å²) in [5.41, 5.74) is 0. The first kappa shape index (κ1) is 16.8. The number of aliphatic hydroxyl groups is 1. The van der Waals surface area contributed by atoms with Crippen LogP contribution in [0.5, 0.6) is 5.75 Å². The predicted molar refractivity (Wildman–Crippen MR) is 85.8 cm³/mol. The van der Waals surface area contributed by atoms with Gasteiger partial charge in [-0.3, -0.25) is 4.79 Å². The molecule has 1 atom stereocenters. The van der Waals surface area contributed by atoms with Gasteiger partial charge >= 0.3 is 0 Å². The quantitative estimate of drug-likeness (QED) is 0.859. The summed E-state index contributed by atoms with van der Waals surface area (Å²) < 4.78 is 5.56. The van der Waals surface area contributed by atoms with Gasteiger partial charge in [-0.15, -0.1) is 0 Å². The number of ether oxygens (including phenoxy) is 1. The molecule has 1 aliphatic heterocycles. The number of hydrogen-bond acceptors (Lipinski definition) is 4. The zero-order chi connectivity index (χ0) is 15.9. The van der Waals surface area contributed by atoms with Crippen molar-refractivity contribution >= 4 is 5.91 Å². The summed E-state index contributed by atoms with van der Waals surface area (Å²) in [5, 5.41) is 10.1. The second kappa shape index (κ2) is 8.15. The van der Waals surface area contributed by atoms with Crippen molar-refractivity contribution in [1.82, 2.24) is 9.80 Å². The van der Waals surface area contributed by atoms with Crippen molar-refractivity contribution in [3.63, 3.8) is 0 Å². The number of likely N-dealkylation sites (tertiary alicyclic amines) is 1. The molecular formula is C17H26N2O3. The van der Waals surface area contributed by atoms with E-state index in [9.17, 15) is 9.90 Å². The fourth-order valence-electron chi connectivity index (χ4n) is 2.79. The van der Waals surface area contributed by atoms with Gasteiger partial charge in [0.25, 0.3) is 0 Å². The maximum atomic E-state index is 11.9. The van der Waals surface area contributed by atoms with Gasteiger partial charge in [0, 0.05) is 26.6 Å². The standard InChI is InChI=1S/C17H26N2O3/c1-18(2)17(21)14-8-10-19(11-9-14)12-15(20)13-22-16-6-4-3-5-7-16/h3-7,14-15,20H,8-13H2,1-2H3. The van der Waals surface area contributed by atoms with E-state index in [-0.39, 0.29) is 11.8 Å². The van der Waals surface area contributed by atoms with Crippen LogP contribution in [-0.2, 0) is 4.79 Å². The smallest absolute Gasteiger partial charge is 0.225 e. The Bertz CT molecular complexity index is 456. The number of amides is 1. The van der Waals surface area contributed by atoms with Crippen molar-refractivity contribution in [2.45, 2.75) is 18.9 Å². The highest BCUT2D eigenvalue weighted by Crippen LogP contribution is 2.19. The number of hydrogen-bond donors (Lipinski definition) is 1. The minimum atomic E-state index is -0.513. The predicted octanol–water partition coefficient (Wildman–Crippen LogP) is 1.23. The van der Waals surface area contributed by atoms with E-state index in [1.807, 2.05) is 30.3 Å². The minimum Gasteiger partial charge on any atom is -0.491 e. The van der Waals surface area contributed by atoms with Gasteiger partial charge in [0.2, 0.25) is 5.91 Å². The molecule has 0 saturated carbocycles. The zero-order valence-corrected chi connectivity index (χ0v) is 13.4. The molecule has 122 valence electrons. The summed E-state index contributed by atoms with van der Waals surface area (Å²) in [6, 6.07) is 9.51. The molecule has 1 aromatic carbocycles. The van der Waals surface area contributed by atoms with E-state index in [0.29, 0.717) is 13.2 Å². The molecular weight excluding hydrogens is 280 g/mol. The number of aliphatic hydroxyl groups excluding tert-OH is 1. The van der Waals surface area contributed by atoms with Crippen molar-refractivity contribution in [3.05, 3.63) is 30.3 Å². The molecule has 1 heterocycles. The molecule has 1 N–H and O–H groups in total. The Morgan fingerprint density at radius 1 is 1.32 bits per heavy atom. The van der Waals surface area contributed by atoms with Crippen LogP contribution in [0.25, 0.3) is 0 Å².